The summed E-state index contributed by atoms with van der Waals surface area (Å²) < 4.78 is 2.16. The average Bonchev–Trinajstić information content (AvgIpc) is 2.84. The van der Waals surface area contributed by atoms with Gasteiger partial charge in [-0.15, -0.1) is 0 Å². The van der Waals surface area contributed by atoms with Crippen molar-refractivity contribution in [1.29, 1.82) is 10.5 Å². The second-order valence-corrected chi connectivity index (χ2v) is 9.74. The molecule has 0 fully saturated rings. The summed E-state index contributed by atoms with van der Waals surface area (Å²) in [5, 5.41) is 40.0. The lowest BCUT2D eigenvalue weighted by molar-refractivity contribution is -0.462. The predicted molar refractivity (Wildman–Crippen MR) is 148 cm³/mol. The number of allylic oxidation sites excluding steroid dienone is 5. The molecule has 2 N–H and O–H groups in total. The standard InChI is InChI=1S/C21H29N2.C8H2Cl2N2O2/c1-14-8-18(13-22-5)9-15(2)20(14)12-21-16(3)10-19(23(6)7)11-17(21)4;9-5-6(10)8(14)4(2-12)3(1-11)7(5)13/h8-12,22H,13H2,1-7H3;13-14H/q+1;/p-1. The topological polar surface area (TPSA) is 106 Å². The van der Waals surface area contributed by atoms with Gasteiger partial charge in [-0.1, -0.05) is 41.1 Å². The van der Waals surface area contributed by atoms with E-state index in [4.69, 9.17) is 33.7 Å². The zero-order chi connectivity index (χ0) is 28.0. The van der Waals surface area contributed by atoms with E-state index in [9.17, 15) is 10.2 Å². The Morgan fingerprint density at radius 1 is 0.973 bits per heavy atom. The van der Waals surface area contributed by atoms with Gasteiger partial charge in [-0.2, -0.15) is 10.5 Å². The molecule has 192 valence electrons. The lowest BCUT2D eigenvalue weighted by Gasteiger charge is -2.16. The third-order valence-electron chi connectivity index (χ3n) is 5.96. The molecule has 0 saturated carbocycles. The normalized spacial score (nSPS) is 12.5. The highest BCUT2D eigenvalue weighted by molar-refractivity contribution is 6.44. The van der Waals surface area contributed by atoms with Crippen LogP contribution in [0.25, 0.3) is 6.08 Å². The third kappa shape index (κ3) is 6.61. The first-order valence-electron chi connectivity index (χ1n) is 11.5. The number of nitrogens with one attached hydrogen (secondary N) is 1. The molecule has 0 radical (unpaired) electrons. The average molecular weight is 537 g/mol. The molecule has 1 aliphatic carbocycles. The molecule has 3 rings (SSSR count). The number of rotatable bonds is 3. The molecule has 37 heavy (non-hydrogen) atoms. The second kappa shape index (κ2) is 12.6. The number of hydrogen-bond donors (Lipinski definition) is 2. The highest BCUT2D eigenvalue weighted by atomic mass is 35.5. The van der Waals surface area contributed by atoms with E-state index in [1.807, 2.05) is 7.05 Å². The molecule has 1 aliphatic rings. The van der Waals surface area contributed by atoms with Gasteiger partial charge in [0.2, 0.25) is 0 Å². The summed E-state index contributed by atoms with van der Waals surface area (Å²) in [7, 11) is 6.17. The van der Waals surface area contributed by atoms with Gasteiger partial charge in [0.05, 0.1) is 10.6 Å². The second-order valence-electron chi connectivity index (χ2n) is 8.98. The molecule has 8 heteroatoms. The van der Waals surface area contributed by atoms with Crippen molar-refractivity contribution in [3.63, 3.8) is 0 Å². The molecular weight excluding hydrogens is 507 g/mol. The number of benzene rings is 2. The number of halogens is 2. The van der Waals surface area contributed by atoms with Crippen LogP contribution < -0.4 is 10.4 Å². The number of phenols is 1. The summed E-state index contributed by atoms with van der Waals surface area (Å²) in [5.74, 6) is -1.50. The number of nitriles is 2. The van der Waals surface area contributed by atoms with Crippen LogP contribution >= 0.6 is 23.2 Å². The number of nitrogens with zero attached hydrogens (tertiary/aromatic N) is 3. The van der Waals surface area contributed by atoms with E-state index in [1.165, 1.54) is 56.8 Å². The van der Waals surface area contributed by atoms with Crippen LogP contribution in [0.1, 0.15) is 47.2 Å². The molecule has 6 nitrogen and oxygen atoms in total. The molecule has 0 spiro atoms. The van der Waals surface area contributed by atoms with Crippen LogP contribution in [0.5, 0.6) is 11.5 Å². The summed E-state index contributed by atoms with van der Waals surface area (Å²) in [6.07, 6.45) is 6.87. The van der Waals surface area contributed by atoms with Crippen LogP contribution in [0.2, 0.25) is 10.0 Å². The Morgan fingerprint density at radius 2 is 1.49 bits per heavy atom. The van der Waals surface area contributed by atoms with Crippen molar-refractivity contribution in [3.8, 4) is 23.6 Å². The Morgan fingerprint density at radius 3 is 1.92 bits per heavy atom. The van der Waals surface area contributed by atoms with E-state index in [2.05, 4.69) is 82.0 Å². The van der Waals surface area contributed by atoms with Gasteiger partial charge in [0, 0.05) is 18.7 Å². The number of aryl methyl sites for hydroxylation is 2. The first-order chi connectivity index (χ1) is 17.4. The number of aromatic hydroxyl groups is 1. The molecule has 0 aliphatic heterocycles. The molecule has 0 aromatic heterocycles. The van der Waals surface area contributed by atoms with Gasteiger partial charge in [-0.05, 0) is 79.8 Å². The van der Waals surface area contributed by atoms with Crippen molar-refractivity contribution in [2.24, 2.45) is 0 Å². The van der Waals surface area contributed by atoms with E-state index in [-0.39, 0.29) is 0 Å². The van der Waals surface area contributed by atoms with E-state index >= 15 is 0 Å². The maximum Gasteiger partial charge on any atom is 0.199 e. The van der Waals surface area contributed by atoms with Gasteiger partial charge in [0.1, 0.15) is 36.8 Å². The minimum atomic E-state index is -0.853. The van der Waals surface area contributed by atoms with Crippen molar-refractivity contribution in [3.05, 3.63) is 84.4 Å². The monoisotopic (exact) mass is 536 g/mol. The Bertz CT molecular complexity index is 1360. The zero-order valence-electron chi connectivity index (χ0n) is 22.0. The Hall–Kier alpha value is -3.55. The van der Waals surface area contributed by atoms with Crippen LogP contribution in [0.3, 0.4) is 0 Å². The predicted octanol–water partition coefficient (Wildman–Crippen LogP) is 5.54. The quantitative estimate of drug-likeness (QED) is 0.500. The van der Waals surface area contributed by atoms with Crippen LogP contribution in [0, 0.1) is 36.5 Å². The summed E-state index contributed by atoms with van der Waals surface area (Å²) in [5.41, 5.74) is 9.66. The van der Waals surface area contributed by atoms with Gasteiger partial charge in [-0.3, -0.25) is 0 Å². The van der Waals surface area contributed by atoms with Gasteiger partial charge in [0.25, 0.3) is 0 Å². The first kappa shape index (κ1) is 29.7. The fraction of sp³-hybridized carbons (Fsp3) is 0.276. The molecule has 0 saturated heterocycles. The molecular formula is C29H30Cl2N4O2. The molecule has 0 amide bonds. The zero-order valence-corrected chi connectivity index (χ0v) is 23.6. The Labute approximate surface area is 228 Å². The van der Waals surface area contributed by atoms with E-state index in [1.54, 1.807) is 0 Å². The Kier molecular flexibility index (Phi) is 10.1. The van der Waals surface area contributed by atoms with Crippen LogP contribution in [-0.4, -0.2) is 36.5 Å². The van der Waals surface area contributed by atoms with Crippen molar-refractivity contribution < 1.29 is 14.8 Å². The van der Waals surface area contributed by atoms with E-state index in [0.29, 0.717) is 0 Å². The molecule has 2 aromatic carbocycles. The van der Waals surface area contributed by atoms with Crippen molar-refractivity contribution in [1.82, 2.24) is 5.32 Å². The lowest BCUT2D eigenvalue weighted by Crippen LogP contribution is -2.13. The van der Waals surface area contributed by atoms with Crippen LogP contribution in [0.4, 0.5) is 0 Å². The van der Waals surface area contributed by atoms with Crippen LogP contribution in [0.15, 0.2) is 41.0 Å². The van der Waals surface area contributed by atoms with Crippen molar-refractivity contribution >= 4 is 35.0 Å². The summed E-state index contributed by atoms with van der Waals surface area (Å²) in [4.78, 5) is 0. The fourth-order valence-corrected chi connectivity index (χ4v) is 4.42. The summed E-state index contributed by atoms with van der Waals surface area (Å²) in [6.45, 7) is 9.73. The van der Waals surface area contributed by atoms with Gasteiger partial charge in [0.15, 0.2) is 11.5 Å². The first-order valence-corrected chi connectivity index (χ1v) is 12.2. The smallest absolute Gasteiger partial charge is 0.199 e. The minimum absolute atomic E-state index is 0.410. The number of hydrogen-bond acceptors (Lipinski definition) is 5. The lowest BCUT2D eigenvalue weighted by atomic mass is 9.89. The molecule has 0 atom stereocenters. The van der Waals surface area contributed by atoms with E-state index in [0.717, 1.165) is 6.54 Å². The van der Waals surface area contributed by atoms with Gasteiger partial charge in [-0.25, -0.2) is 4.58 Å². The minimum Gasteiger partial charge on any atom is -0.871 e. The maximum atomic E-state index is 11.3. The van der Waals surface area contributed by atoms with E-state index < -0.39 is 32.7 Å². The summed E-state index contributed by atoms with van der Waals surface area (Å²) in [6, 6.07) is 7.57. The van der Waals surface area contributed by atoms with Crippen molar-refractivity contribution in [2.45, 2.75) is 34.2 Å². The highest BCUT2D eigenvalue weighted by Crippen LogP contribution is 2.41. The van der Waals surface area contributed by atoms with Gasteiger partial charge >= 0.3 is 0 Å². The number of phenolic OH excluding ortho intramolecular Hbond substituents is 1. The fourth-order valence-electron chi connectivity index (χ4n) is 4.05. The summed E-state index contributed by atoms with van der Waals surface area (Å²) >= 11 is 10.9. The highest BCUT2D eigenvalue weighted by Gasteiger charge is 2.17. The molecule has 0 unspecified atom stereocenters. The van der Waals surface area contributed by atoms with Crippen LogP contribution in [-0.2, 0) is 6.54 Å². The maximum absolute atomic E-state index is 11.3. The third-order valence-corrected chi connectivity index (χ3v) is 6.78. The van der Waals surface area contributed by atoms with Gasteiger partial charge < -0.3 is 15.5 Å². The molecule has 0 heterocycles. The molecule has 0 bridgehead atoms. The molecule has 2 aromatic rings. The van der Waals surface area contributed by atoms with Crippen molar-refractivity contribution in [2.75, 3.05) is 21.1 Å². The largest absolute Gasteiger partial charge is 0.871 e. The SMILES string of the molecule is CNCc1cc(C)c(C=C2C(C)=CC(=[N+](C)C)C=C2C)c(C)c1.N#Cc1c([O-])c(Cl)c(Cl)c(O)c1C#N. The Balaban J connectivity index is 0.000000294.